The molecule has 6 nitrogen and oxygen atoms in total. The smallest absolute Gasteiger partial charge is 0.172 e. The Morgan fingerprint density at radius 2 is 1.62 bits per heavy atom. The first-order chi connectivity index (χ1) is 12.8. The van der Waals surface area contributed by atoms with Gasteiger partial charge in [-0.2, -0.15) is 0 Å². The molecule has 26 heavy (non-hydrogen) atoms. The zero-order chi connectivity index (χ0) is 17.8. The Kier molecular flexibility index (Phi) is 4.38. The molecule has 2 aromatic heterocycles. The van der Waals surface area contributed by atoms with Gasteiger partial charge in [0.2, 0.25) is 0 Å². The number of aromatic hydroxyl groups is 1. The minimum Gasteiger partial charge on any atom is -0.504 e. The van der Waals surface area contributed by atoms with E-state index in [9.17, 15) is 5.11 Å². The Labute approximate surface area is 150 Å². The van der Waals surface area contributed by atoms with Crippen LogP contribution >= 0.6 is 0 Å². The molecule has 2 aromatic carbocycles. The molecule has 0 saturated carbocycles. The standard InChI is InChI=1S/C20H18N4O2/c25-17-6-2-4-15(13-19-23-9-10-24-19)20(17)26-16-5-1-3-14(11-16)12-18-21-7-8-22-18/h1-11,25H,12-13H2,(H,21,22)(H,23,24). The van der Waals surface area contributed by atoms with Gasteiger partial charge in [0.1, 0.15) is 17.4 Å². The molecule has 3 N–H and O–H groups in total. The van der Waals surface area contributed by atoms with E-state index in [1.165, 1.54) is 0 Å². The highest BCUT2D eigenvalue weighted by atomic mass is 16.5. The quantitative estimate of drug-likeness (QED) is 0.495. The summed E-state index contributed by atoms with van der Waals surface area (Å²) in [5.41, 5.74) is 1.93. The average Bonchev–Trinajstić information content (AvgIpc) is 3.32. The van der Waals surface area contributed by atoms with E-state index in [0.717, 1.165) is 22.8 Å². The van der Waals surface area contributed by atoms with Crippen molar-refractivity contribution >= 4 is 0 Å². The summed E-state index contributed by atoms with van der Waals surface area (Å²) in [7, 11) is 0. The molecule has 0 aliphatic carbocycles. The molecule has 0 unspecified atom stereocenters. The zero-order valence-corrected chi connectivity index (χ0v) is 14.0. The third-order valence-electron chi connectivity index (χ3n) is 4.03. The number of imidazole rings is 2. The lowest BCUT2D eigenvalue weighted by Crippen LogP contribution is -1.97. The van der Waals surface area contributed by atoms with E-state index >= 15 is 0 Å². The van der Waals surface area contributed by atoms with Gasteiger partial charge in [0.15, 0.2) is 11.5 Å². The number of benzene rings is 2. The van der Waals surface area contributed by atoms with Crippen molar-refractivity contribution in [1.82, 2.24) is 19.9 Å². The summed E-state index contributed by atoms with van der Waals surface area (Å²) >= 11 is 0. The van der Waals surface area contributed by atoms with Gasteiger partial charge in [0, 0.05) is 43.2 Å². The minimum atomic E-state index is 0.102. The number of H-pyrrole nitrogens is 2. The van der Waals surface area contributed by atoms with E-state index in [0.29, 0.717) is 24.3 Å². The number of aromatic nitrogens is 4. The van der Waals surface area contributed by atoms with Crippen LogP contribution < -0.4 is 4.74 Å². The number of hydrogen-bond acceptors (Lipinski definition) is 4. The largest absolute Gasteiger partial charge is 0.504 e. The first-order valence-electron chi connectivity index (χ1n) is 8.32. The highest BCUT2D eigenvalue weighted by Crippen LogP contribution is 2.35. The van der Waals surface area contributed by atoms with E-state index in [-0.39, 0.29) is 5.75 Å². The van der Waals surface area contributed by atoms with Gasteiger partial charge in [-0.3, -0.25) is 0 Å². The molecule has 2 heterocycles. The second-order valence-corrected chi connectivity index (χ2v) is 5.94. The molecule has 0 radical (unpaired) electrons. The predicted octanol–water partition coefficient (Wildman–Crippen LogP) is 3.81. The third-order valence-corrected chi connectivity index (χ3v) is 4.03. The summed E-state index contributed by atoms with van der Waals surface area (Å²) in [6.07, 6.45) is 8.25. The summed E-state index contributed by atoms with van der Waals surface area (Å²) in [4.78, 5) is 14.7. The van der Waals surface area contributed by atoms with Crippen LogP contribution in [0.25, 0.3) is 0 Å². The van der Waals surface area contributed by atoms with Crippen LogP contribution in [0.2, 0.25) is 0 Å². The van der Waals surface area contributed by atoms with Crippen molar-refractivity contribution in [3.63, 3.8) is 0 Å². The number of hydrogen-bond donors (Lipinski definition) is 3. The molecule has 0 spiro atoms. The predicted molar refractivity (Wildman–Crippen MR) is 97.4 cm³/mol. The van der Waals surface area contributed by atoms with Crippen molar-refractivity contribution < 1.29 is 9.84 Å². The Balaban J connectivity index is 1.59. The summed E-state index contributed by atoms with van der Waals surface area (Å²) in [6, 6.07) is 13.1. The van der Waals surface area contributed by atoms with Crippen molar-refractivity contribution in [2.45, 2.75) is 12.8 Å². The fourth-order valence-corrected chi connectivity index (χ4v) is 2.83. The number of phenols is 1. The van der Waals surface area contributed by atoms with Crippen LogP contribution in [0.3, 0.4) is 0 Å². The number of nitrogens with zero attached hydrogens (tertiary/aromatic N) is 2. The number of para-hydroxylation sites is 1. The van der Waals surface area contributed by atoms with Crippen LogP contribution in [0.15, 0.2) is 67.3 Å². The van der Waals surface area contributed by atoms with Crippen LogP contribution in [0.5, 0.6) is 17.2 Å². The number of nitrogens with one attached hydrogen (secondary N) is 2. The Morgan fingerprint density at radius 1 is 0.885 bits per heavy atom. The lowest BCUT2D eigenvalue weighted by molar-refractivity contribution is 0.407. The zero-order valence-electron chi connectivity index (χ0n) is 14.0. The van der Waals surface area contributed by atoms with Gasteiger partial charge >= 0.3 is 0 Å². The van der Waals surface area contributed by atoms with Crippen LogP contribution in [0.1, 0.15) is 22.8 Å². The Morgan fingerprint density at radius 3 is 2.35 bits per heavy atom. The molecule has 0 fully saturated rings. The molecule has 130 valence electrons. The number of rotatable bonds is 6. The molecule has 0 saturated heterocycles. The second kappa shape index (κ2) is 7.14. The molecule has 6 heteroatoms. The first kappa shape index (κ1) is 16.0. The van der Waals surface area contributed by atoms with Crippen molar-refractivity contribution in [2.75, 3.05) is 0 Å². The molecule has 4 aromatic rings. The minimum absolute atomic E-state index is 0.102. The van der Waals surface area contributed by atoms with Crippen LogP contribution in [0.4, 0.5) is 0 Å². The maximum atomic E-state index is 10.3. The van der Waals surface area contributed by atoms with Gasteiger partial charge in [0.25, 0.3) is 0 Å². The van der Waals surface area contributed by atoms with E-state index in [1.54, 1.807) is 36.9 Å². The number of phenolic OH excluding ortho intramolecular Hbond substituents is 1. The molecule has 0 aliphatic heterocycles. The Bertz CT molecular complexity index is 979. The second-order valence-electron chi connectivity index (χ2n) is 5.94. The summed E-state index contributed by atoms with van der Waals surface area (Å²) < 4.78 is 6.03. The highest BCUT2D eigenvalue weighted by Gasteiger charge is 2.12. The first-order valence-corrected chi connectivity index (χ1v) is 8.32. The van der Waals surface area contributed by atoms with Gasteiger partial charge in [-0.1, -0.05) is 24.3 Å². The van der Waals surface area contributed by atoms with E-state index in [4.69, 9.17) is 4.74 Å². The highest BCUT2D eigenvalue weighted by molar-refractivity contribution is 5.49. The van der Waals surface area contributed by atoms with E-state index < -0.39 is 0 Å². The van der Waals surface area contributed by atoms with Crippen LogP contribution in [-0.2, 0) is 12.8 Å². The summed E-state index contributed by atoms with van der Waals surface area (Å²) in [6.45, 7) is 0. The van der Waals surface area contributed by atoms with Gasteiger partial charge in [-0.25, -0.2) is 9.97 Å². The Hall–Kier alpha value is -3.54. The van der Waals surface area contributed by atoms with Gasteiger partial charge < -0.3 is 19.8 Å². The van der Waals surface area contributed by atoms with Crippen LogP contribution in [0, 0.1) is 0 Å². The number of ether oxygens (including phenoxy) is 1. The molecular formula is C20H18N4O2. The lowest BCUT2D eigenvalue weighted by atomic mass is 10.1. The topological polar surface area (TPSA) is 86.8 Å². The molecule has 0 amide bonds. The number of aromatic amines is 2. The van der Waals surface area contributed by atoms with Crippen LogP contribution in [-0.4, -0.2) is 25.0 Å². The van der Waals surface area contributed by atoms with Crippen molar-refractivity contribution in [2.24, 2.45) is 0 Å². The van der Waals surface area contributed by atoms with E-state index in [2.05, 4.69) is 19.9 Å². The van der Waals surface area contributed by atoms with E-state index in [1.807, 2.05) is 30.3 Å². The third kappa shape index (κ3) is 3.59. The fraction of sp³-hybridized carbons (Fsp3) is 0.100. The summed E-state index contributed by atoms with van der Waals surface area (Å²) in [5.74, 6) is 2.91. The summed E-state index contributed by atoms with van der Waals surface area (Å²) in [5, 5.41) is 10.3. The van der Waals surface area contributed by atoms with Gasteiger partial charge in [0.05, 0.1) is 0 Å². The van der Waals surface area contributed by atoms with Gasteiger partial charge in [-0.05, 0) is 23.8 Å². The lowest BCUT2D eigenvalue weighted by Gasteiger charge is -2.13. The maximum absolute atomic E-state index is 10.3. The molecular weight excluding hydrogens is 328 g/mol. The monoisotopic (exact) mass is 346 g/mol. The molecule has 4 rings (SSSR count). The van der Waals surface area contributed by atoms with Crippen molar-refractivity contribution in [3.8, 4) is 17.2 Å². The fourth-order valence-electron chi connectivity index (χ4n) is 2.83. The van der Waals surface area contributed by atoms with Crippen molar-refractivity contribution in [3.05, 3.63) is 90.0 Å². The maximum Gasteiger partial charge on any atom is 0.172 e. The average molecular weight is 346 g/mol. The SMILES string of the molecule is Oc1cccc(Cc2ncc[nH]2)c1Oc1cccc(Cc2ncc[nH]2)c1. The van der Waals surface area contributed by atoms with Crippen molar-refractivity contribution in [1.29, 1.82) is 0 Å². The van der Waals surface area contributed by atoms with Gasteiger partial charge in [-0.15, -0.1) is 0 Å². The molecule has 0 aliphatic rings. The molecule has 0 bridgehead atoms. The normalized spacial score (nSPS) is 10.8. The molecule has 0 atom stereocenters.